The Kier molecular flexibility index (Phi) is 2.80. The maximum Gasteiger partial charge on any atom is 0.321 e. The van der Waals surface area contributed by atoms with Crippen LogP contribution in [0.25, 0.3) is 0 Å². The van der Waals surface area contributed by atoms with E-state index in [0.717, 1.165) is 4.47 Å². The van der Waals surface area contributed by atoms with E-state index in [-0.39, 0.29) is 6.42 Å². The number of carbonyl (C=O) groups excluding carboxylic acids is 2. The van der Waals surface area contributed by atoms with Crippen LogP contribution < -0.4 is 0 Å². The summed E-state index contributed by atoms with van der Waals surface area (Å²) >= 11 is 9.14. The maximum atomic E-state index is 11.3. The summed E-state index contributed by atoms with van der Waals surface area (Å²) in [6, 6.07) is 5.16. The molecule has 0 radical (unpaired) electrons. The number of benzene rings is 1. The van der Waals surface area contributed by atoms with Crippen molar-refractivity contribution < 1.29 is 14.3 Å². The molecule has 0 amide bonds. The smallest absolute Gasteiger partial charge is 0.321 e. The minimum atomic E-state index is -0.511. The Morgan fingerprint density at radius 2 is 2.13 bits per heavy atom. The predicted octanol–water partition coefficient (Wildman–Crippen LogP) is 2.66. The molecule has 2 rings (SSSR count). The van der Waals surface area contributed by atoms with Gasteiger partial charge in [-0.3, -0.25) is 9.59 Å². The molecule has 1 atom stereocenters. The molecule has 78 valence electrons. The number of hydrogen-bond acceptors (Lipinski definition) is 3. The van der Waals surface area contributed by atoms with Crippen LogP contribution in [0, 0.1) is 0 Å². The summed E-state index contributed by atoms with van der Waals surface area (Å²) in [5.74, 6) is -1.49. The van der Waals surface area contributed by atoms with Gasteiger partial charge in [-0.05, 0) is 33.6 Å². The molecule has 1 aromatic rings. The van der Waals surface area contributed by atoms with E-state index in [1.54, 1.807) is 18.2 Å². The number of ether oxygens (including phenoxy) is 1. The molecule has 1 saturated heterocycles. The highest BCUT2D eigenvalue weighted by Crippen LogP contribution is 2.31. The molecule has 15 heavy (non-hydrogen) atoms. The van der Waals surface area contributed by atoms with Crippen molar-refractivity contribution >= 4 is 39.5 Å². The van der Waals surface area contributed by atoms with Crippen molar-refractivity contribution in [1.29, 1.82) is 0 Å². The molecular formula is C10H6BrClO3. The van der Waals surface area contributed by atoms with Crippen LogP contribution in [-0.2, 0) is 14.3 Å². The summed E-state index contributed by atoms with van der Waals surface area (Å²) in [5, 5.41) is 0.514. The minimum Gasteiger partial charge on any atom is -0.393 e. The summed E-state index contributed by atoms with van der Waals surface area (Å²) in [5.41, 5.74) is 0.707. The van der Waals surface area contributed by atoms with E-state index in [2.05, 4.69) is 20.7 Å². The summed E-state index contributed by atoms with van der Waals surface area (Å²) in [6.45, 7) is 0. The van der Waals surface area contributed by atoms with E-state index < -0.39 is 17.9 Å². The van der Waals surface area contributed by atoms with Gasteiger partial charge < -0.3 is 4.74 Å². The number of rotatable bonds is 1. The van der Waals surface area contributed by atoms with Crippen LogP contribution in [-0.4, -0.2) is 11.9 Å². The van der Waals surface area contributed by atoms with Gasteiger partial charge in [-0.15, -0.1) is 0 Å². The summed E-state index contributed by atoms with van der Waals surface area (Å²) in [4.78, 5) is 22.2. The molecule has 5 heteroatoms. The Balaban J connectivity index is 2.34. The third-order valence-corrected chi connectivity index (χ3v) is 3.45. The van der Waals surface area contributed by atoms with E-state index in [4.69, 9.17) is 11.6 Å². The normalized spacial score (nSPS) is 20.5. The van der Waals surface area contributed by atoms with Crippen LogP contribution in [0.2, 0.25) is 5.02 Å². The van der Waals surface area contributed by atoms with Gasteiger partial charge in [0.2, 0.25) is 0 Å². The molecule has 0 spiro atoms. The number of halogens is 2. The lowest BCUT2D eigenvalue weighted by Crippen LogP contribution is -2.05. The van der Waals surface area contributed by atoms with Gasteiger partial charge in [0, 0.05) is 4.47 Å². The second-order valence-corrected chi connectivity index (χ2v) is 4.48. The summed E-state index contributed by atoms with van der Waals surface area (Å²) < 4.78 is 5.22. The topological polar surface area (TPSA) is 43.4 Å². The Bertz CT molecular complexity index is 444. The van der Waals surface area contributed by atoms with E-state index in [1.165, 1.54) is 0 Å². The molecule has 1 aliphatic rings. The average Bonchev–Trinajstić information content (AvgIpc) is 2.50. The zero-order valence-corrected chi connectivity index (χ0v) is 9.84. The first kappa shape index (κ1) is 10.6. The van der Waals surface area contributed by atoms with Crippen LogP contribution in [0.1, 0.15) is 17.9 Å². The van der Waals surface area contributed by atoms with Gasteiger partial charge in [-0.1, -0.05) is 17.7 Å². The first-order valence-corrected chi connectivity index (χ1v) is 5.44. The predicted molar refractivity (Wildman–Crippen MR) is 57.6 cm³/mol. The lowest BCUT2D eigenvalue weighted by molar-refractivity contribution is -0.152. The molecule has 1 aromatic carbocycles. The molecule has 3 nitrogen and oxygen atoms in total. The minimum absolute atomic E-state index is 0.0940. The van der Waals surface area contributed by atoms with Gasteiger partial charge in [0.25, 0.3) is 0 Å². The number of cyclic esters (lactones) is 2. The van der Waals surface area contributed by atoms with Gasteiger partial charge in [0.1, 0.15) is 0 Å². The summed E-state index contributed by atoms with van der Waals surface area (Å²) in [6.07, 6.45) is 0.0940. The molecule has 0 aliphatic carbocycles. The number of hydrogen-bond donors (Lipinski definition) is 0. The van der Waals surface area contributed by atoms with Crippen molar-refractivity contribution in [2.24, 2.45) is 0 Å². The van der Waals surface area contributed by atoms with Gasteiger partial charge in [0.05, 0.1) is 17.4 Å². The summed E-state index contributed by atoms with van der Waals surface area (Å²) in [7, 11) is 0. The average molecular weight is 290 g/mol. The highest BCUT2D eigenvalue weighted by Gasteiger charge is 2.34. The third kappa shape index (κ3) is 2.06. The van der Waals surface area contributed by atoms with Crippen LogP contribution in [0.15, 0.2) is 22.7 Å². The van der Waals surface area contributed by atoms with Crippen LogP contribution >= 0.6 is 27.5 Å². The quantitative estimate of drug-likeness (QED) is 0.590. The van der Waals surface area contributed by atoms with Gasteiger partial charge in [-0.2, -0.15) is 0 Å². The van der Waals surface area contributed by atoms with Gasteiger partial charge >= 0.3 is 11.9 Å². The Hall–Kier alpha value is -0.870. The van der Waals surface area contributed by atoms with Crippen molar-refractivity contribution in [2.75, 3.05) is 0 Å². The van der Waals surface area contributed by atoms with Crippen LogP contribution in [0.3, 0.4) is 0 Å². The zero-order valence-electron chi connectivity index (χ0n) is 7.50. The van der Waals surface area contributed by atoms with Crippen molar-refractivity contribution in [3.8, 4) is 0 Å². The monoisotopic (exact) mass is 288 g/mol. The maximum absolute atomic E-state index is 11.3. The third-order valence-electron chi connectivity index (χ3n) is 2.22. The van der Waals surface area contributed by atoms with Crippen molar-refractivity contribution in [2.45, 2.75) is 12.3 Å². The Morgan fingerprint density at radius 3 is 2.67 bits per heavy atom. The fourth-order valence-corrected chi connectivity index (χ4v) is 1.89. The lowest BCUT2D eigenvalue weighted by atomic mass is 9.98. The Morgan fingerprint density at radius 1 is 1.40 bits per heavy atom. The molecule has 0 N–H and O–H groups in total. The molecule has 0 saturated carbocycles. The van der Waals surface area contributed by atoms with Gasteiger partial charge in [0.15, 0.2) is 0 Å². The van der Waals surface area contributed by atoms with E-state index in [1.807, 2.05) is 0 Å². The molecule has 1 heterocycles. The number of carbonyl (C=O) groups is 2. The first-order valence-electron chi connectivity index (χ1n) is 4.27. The molecule has 1 unspecified atom stereocenters. The fraction of sp³-hybridized carbons (Fsp3) is 0.200. The highest BCUT2D eigenvalue weighted by molar-refractivity contribution is 9.10. The second kappa shape index (κ2) is 3.94. The van der Waals surface area contributed by atoms with Gasteiger partial charge in [-0.25, -0.2) is 0 Å². The standard InChI is InChI=1S/C10H6BrClO3/c11-7-2-1-5(3-8(7)12)6-4-9(13)15-10(6)14/h1-3,6H,4H2. The van der Waals surface area contributed by atoms with E-state index in [0.29, 0.717) is 10.6 Å². The van der Waals surface area contributed by atoms with Crippen LogP contribution in [0.4, 0.5) is 0 Å². The van der Waals surface area contributed by atoms with Crippen molar-refractivity contribution in [3.63, 3.8) is 0 Å². The molecular weight excluding hydrogens is 283 g/mol. The molecule has 0 aromatic heterocycles. The molecule has 1 fully saturated rings. The SMILES string of the molecule is O=C1CC(c2ccc(Br)c(Cl)c2)C(=O)O1. The van der Waals surface area contributed by atoms with Crippen molar-refractivity contribution in [1.82, 2.24) is 0 Å². The lowest BCUT2D eigenvalue weighted by Gasteiger charge is -2.05. The fourth-order valence-electron chi connectivity index (χ4n) is 1.46. The second-order valence-electron chi connectivity index (χ2n) is 3.22. The van der Waals surface area contributed by atoms with Crippen molar-refractivity contribution in [3.05, 3.63) is 33.3 Å². The van der Waals surface area contributed by atoms with Crippen LogP contribution in [0.5, 0.6) is 0 Å². The molecule has 1 aliphatic heterocycles. The Labute approximate surface area is 99.5 Å². The molecule has 0 bridgehead atoms. The van der Waals surface area contributed by atoms with E-state index in [9.17, 15) is 9.59 Å². The number of esters is 2. The first-order chi connectivity index (χ1) is 7.08. The highest BCUT2D eigenvalue weighted by atomic mass is 79.9. The van der Waals surface area contributed by atoms with E-state index >= 15 is 0 Å². The largest absolute Gasteiger partial charge is 0.393 e. The zero-order chi connectivity index (χ0) is 11.0.